The number of alkyl halides is 2. The molecule has 0 aromatic rings. The van der Waals surface area contributed by atoms with Crippen LogP contribution in [0, 0.1) is 11.8 Å². The van der Waals surface area contributed by atoms with Gasteiger partial charge in [-0.05, 0) is 56.3 Å². The van der Waals surface area contributed by atoms with Gasteiger partial charge in [0.1, 0.15) is 6.10 Å². The van der Waals surface area contributed by atoms with E-state index in [9.17, 15) is 4.79 Å². The first-order valence-corrected chi connectivity index (χ1v) is 15.1. The highest BCUT2D eigenvalue weighted by Crippen LogP contribution is 2.55. The van der Waals surface area contributed by atoms with Crippen molar-refractivity contribution in [2.24, 2.45) is 11.8 Å². The Kier molecular flexibility index (Phi) is 8.29. The number of hydrogen-bond acceptors (Lipinski definition) is 5. The fourth-order valence-electron chi connectivity index (χ4n) is 4.66. The lowest BCUT2D eigenvalue weighted by Gasteiger charge is -2.39. The predicted octanol–water partition coefficient (Wildman–Crippen LogP) is 5.73. The number of halogens is 2. The van der Waals surface area contributed by atoms with Gasteiger partial charge in [0, 0.05) is 32.0 Å². The van der Waals surface area contributed by atoms with E-state index in [2.05, 4.69) is 33.9 Å². The van der Waals surface area contributed by atoms with Crippen LogP contribution in [-0.2, 0) is 23.4 Å². The standard InChI is InChI=1S/C24H40F2O6Si/c1-23(2,3)33(4,5)30-15-16-17(32-21-12-8-9-13-29-21)14-18-22(16)24(25,26)19(31-18)10-6-7-11-20(27)28/h10,16-18,21-22H,6-9,11-15H2,1-5H3,(H,27,28)/t16-,17-,18+,21?,22-/m1/s1. The fourth-order valence-corrected chi connectivity index (χ4v) is 5.70. The summed E-state index contributed by atoms with van der Waals surface area (Å²) in [7, 11) is -2.14. The van der Waals surface area contributed by atoms with Crippen LogP contribution in [0.2, 0.25) is 18.1 Å². The molecule has 1 N–H and O–H groups in total. The Balaban J connectivity index is 1.76. The van der Waals surface area contributed by atoms with Gasteiger partial charge in [0.25, 0.3) is 0 Å². The van der Waals surface area contributed by atoms with Gasteiger partial charge >= 0.3 is 11.9 Å². The third kappa shape index (κ3) is 6.16. The summed E-state index contributed by atoms with van der Waals surface area (Å²) >= 11 is 0. The van der Waals surface area contributed by atoms with Crippen molar-refractivity contribution >= 4 is 14.3 Å². The number of rotatable bonds is 9. The maximum Gasteiger partial charge on any atom is 0.310 e. The first-order valence-electron chi connectivity index (χ1n) is 12.2. The van der Waals surface area contributed by atoms with Crippen molar-refractivity contribution in [2.75, 3.05) is 13.2 Å². The lowest BCUT2D eigenvalue weighted by Crippen LogP contribution is -2.45. The van der Waals surface area contributed by atoms with E-state index in [4.69, 9.17) is 23.7 Å². The number of hydrogen-bond donors (Lipinski definition) is 1. The average Bonchev–Trinajstić information content (AvgIpc) is 3.17. The first kappa shape index (κ1) is 26.6. The molecule has 5 atom stereocenters. The van der Waals surface area contributed by atoms with Crippen molar-refractivity contribution in [1.82, 2.24) is 0 Å². The number of fused-ring (bicyclic) bond motifs is 1. The van der Waals surface area contributed by atoms with Gasteiger partial charge in [-0.15, -0.1) is 0 Å². The molecule has 2 aliphatic heterocycles. The number of allylic oxidation sites excluding steroid dienone is 2. The minimum Gasteiger partial charge on any atom is -0.488 e. The van der Waals surface area contributed by atoms with Crippen molar-refractivity contribution in [3.63, 3.8) is 0 Å². The van der Waals surface area contributed by atoms with Crippen LogP contribution in [0.15, 0.2) is 11.8 Å². The first-order chi connectivity index (χ1) is 15.3. The van der Waals surface area contributed by atoms with Crippen LogP contribution in [0.4, 0.5) is 8.78 Å². The summed E-state index contributed by atoms with van der Waals surface area (Å²) in [6.45, 7) is 11.5. The molecule has 2 heterocycles. The number of carboxylic acids is 1. The van der Waals surface area contributed by atoms with Crippen molar-refractivity contribution in [2.45, 2.75) is 108 Å². The summed E-state index contributed by atoms with van der Waals surface area (Å²) in [5.41, 5.74) is 0. The quantitative estimate of drug-likeness (QED) is 0.329. The van der Waals surface area contributed by atoms with Crippen molar-refractivity contribution in [3.05, 3.63) is 11.8 Å². The molecule has 0 aromatic carbocycles. The summed E-state index contributed by atoms with van der Waals surface area (Å²) in [6.07, 6.45) is 3.59. The summed E-state index contributed by atoms with van der Waals surface area (Å²) in [5, 5.41) is 8.75. The fraction of sp³-hybridized carbons (Fsp3) is 0.875. The molecule has 0 bridgehead atoms. The van der Waals surface area contributed by atoms with Gasteiger partial charge in [-0.3, -0.25) is 4.79 Å². The minimum absolute atomic E-state index is 0.0300. The monoisotopic (exact) mass is 490 g/mol. The van der Waals surface area contributed by atoms with Crippen LogP contribution in [0.3, 0.4) is 0 Å². The number of ether oxygens (including phenoxy) is 3. The minimum atomic E-state index is -3.14. The summed E-state index contributed by atoms with van der Waals surface area (Å²) in [6, 6.07) is 0. The van der Waals surface area contributed by atoms with Crippen LogP contribution >= 0.6 is 0 Å². The van der Waals surface area contributed by atoms with Crippen LogP contribution < -0.4 is 0 Å². The zero-order chi connectivity index (χ0) is 24.4. The van der Waals surface area contributed by atoms with Crippen molar-refractivity contribution in [1.29, 1.82) is 0 Å². The molecule has 1 saturated carbocycles. The van der Waals surface area contributed by atoms with Crippen LogP contribution in [0.25, 0.3) is 0 Å². The van der Waals surface area contributed by atoms with E-state index in [0.29, 0.717) is 19.4 Å². The highest BCUT2D eigenvalue weighted by molar-refractivity contribution is 6.74. The van der Waals surface area contributed by atoms with E-state index >= 15 is 8.78 Å². The highest BCUT2D eigenvalue weighted by Gasteiger charge is 2.65. The Morgan fingerprint density at radius 2 is 2.03 bits per heavy atom. The maximum absolute atomic E-state index is 15.6. The average molecular weight is 491 g/mol. The molecule has 33 heavy (non-hydrogen) atoms. The normalized spacial score (nSPS) is 33.2. The molecule has 6 nitrogen and oxygen atoms in total. The molecule has 190 valence electrons. The number of unbranched alkanes of at least 4 members (excludes halogenated alkanes) is 1. The molecule has 0 amide bonds. The lowest BCUT2D eigenvalue weighted by atomic mass is 9.89. The van der Waals surface area contributed by atoms with Gasteiger partial charge in [-0.1, -0.05) is 20.8 Å². The molecule has 1 aliphatic carbocycles. The van der Waals surface area contributed by atoms with Gasteiger partial charge in [0.05, 0.1) is 12.0 Å². The third-order valence-electron chi connectivity index (χ3n) is 7.66. The molecule has 3 rings (SSSR count). The topological polar surface area (TPSA) is 74.2 Å². The lowest BCUT2D eigenvalue weighted by molar-refractivity contribution is -0.202. The SMILES string of the molecule is CC(C)(C)[Si](C)(C)OC[C@H]1[C@@H]2[C@H](C[C@H]1OC1CCCCO1)OC(=CCCCC(=O)O)C2(F)F. The Bertz CT molecular complexity index is 714. The number of carbonyl (C=O) groups is 1. The summed E-state index contributed by atoms with van der Waals surface area (Å²) < 4.78 is 55.2. The molecular formula is C24H40F2O6Si. The van der Waals surface area contributed by atoms with E-state index in [0.717, 1.165) is 19.3 Å². The van der Waals surface area contributed by atoms with Gasteiger partial charge in [0.15, 0.2) is 20.4 Å². The summed E-state index contributed by atoms with van der Waals surface area (Å²) in [5.74, 6) is -5.93. The molecule has 9 heteroatoms. The van der Waals surface area contributed by atoms with Gasteiger partial charge in [-0.2, -0.15) is 8.78 Å². The second-order valence-electron chi connectivity index (χ2n) is 11.1. The summed E-state index contributed by atoms with van der Waals surface area (Å²) in [4.78, 5) is 10.7. The number of aliphatic carboxylic acids is 1. The molecule has 3 fully saturated rings. The number of carboxylic acid groups (broad SMARTS) is 1. The van der Waals surface area contributed by atoms with Crippen LogP contribution in [0.5, 0.6) is 0 Å². The van der Waals surface area contributed by atoms with Crippen LogP contribution in [-0.4, -0.2) is 57.0 Å². The van der Waals surface area contributed by atoms with Crippen molar-refractivity contribution in [3.8, 4) is 0 Å². The molecule has 1 unspecified atom stereocenters. The molecule has 0 radical (unpaired) electrons. The van der Waals surface area contributed by atoms with E-state index in [1.165, 1.54) is 6.08 Å². The Morgan fingerprint density at radius 1 is 1.30 bits per heavy atom. The molecule has 3 aliphatic rings. The van der Waals surface area contributed by atoms with Crippen LogP contribution in [0.1, 0.15) is 65.7 Å². The second kappa shape index (κ2) is 10.3. The highest BCUT2D eigenvalue weighted by atomic mass is 28.4. The Labute approximate surface area is 197 Å². The Hall–Kier alpha value is -1.03. The van der Waals surface area contributed by atoms with E-state index in [1.807, 2.05) is 0 Å². The van der Waals surface area contributed by atoms with Gasteiger partial charge in [-0.25, -0.2) is 0 Å². The Morgan fingerprint density at radius 3 is 2.64 bits per heavy atom. The zero-order valence-electron chi connectivity index (χ0n) is 20.6. The smallest absolute Gasteiger partial charge is 0.310 e. The largest absolute Gasteiger partial charge is 0.488 e. The second-order valence-corrected chi connectivity index (χ2v) is 15.9. The molecule has 0 spiro atoms. The van der Waals surface area contributed by atoms with E-state index < -0.39 is 44.3 Å². The van der Waals surface area contributed by atoms with Gasteiger partial charge in [0.2, 0.25) is 0 Å². The molecule has 0 aromatic heterocycles. The van der Waals surface area contributed by atoms with E-state index in [-0.39, 0.29) is 36.5 Å². The maximum atomic E-state index is 15.6. The van der Waals surface area contributed by atoms with Gasteiger partial charge < -0.3 is 23.7 Å². The van der Waals surface area contributed by atoms with Crippen molar-refractivity contribution < 1.29 is 37.3 Å². The zero-order valence-corrected chi connectivity index (χ0v) is 21.6. The third-order valence-corrected chi connectivity index (χ3v) is 12.2. The predicted molar refractivity (Wildman–Crippen MR) is 123 cm³/mol. The molecular weight excluding hydrogens is 450 g/mol. The van der Waals surface area contributed by atoms with E-state index in [1.54, 1.807) is 0 Å². The molecule has 2 saturated heterocycles.